The van der Waals surface area contributed by atoms with Crippen LogP contribution in [0.25, 0.3) is 0 Å². The van der Waals surface area contributed by atoms with Gasteiger partial charge in [-0.3, -0.25) is 4.90 Å². The second-order valence-corrected chi connectivity index (χ2v) is 5.91. The molecule has 3 rings (SSSR count). The molecule has 0 saturated carbocycles. The van der Waals surface area contributed by atoms with Crippen LogP contribution in [0.2, 0.25) is 5.02 Å². The second-order valence-electron chi connectivity index (χ2n) is 5.47. The minimum Gasteiger partial charge on any atom is -0.398 e. The lowest BCUT2D eigenvalue weighted by Crippen LogP contribution is -2.20. The Kier molecular flexibility index (Phi) is 3.95. The van der Waals surface area contributed by atoms with E-state index in [0.29, 0.717) is 5.92 Å². The Bertz CT molecular complexity index is 583. The SMILES string of the molecule is Nc1ccc(Cl)cc1CN1CCC(c2ccccc2)C1. The summed E-state index contributed by atoms with van der Waals surface area (Å²) >= 11 is 6.05. The molecule has 1 heterocycles. The van der Waals surface area contributed by atoms with Crippen LogP contribution in [0.1, 0.15) is 23.5 Å². The number of nitrogens with two attached hydrogens (primary N) is 1. The molecule has 1 saturated heterocycles. The minimum atomic E-state index is 0.636. The molecular formula is C17H19ClN2. The average Bonchev–Trinajstić information content (AvgIpc) is 2.92. The molecule has 0 aliphatic carbocycles. The Labute approximate surface area is 125 Å². The number of nitrogen functional groups attached to an aromatic ring is 1. The molecule has 3 heteroatoms. The fourth-order valence-corrected chi connectivity index (χ4v) is 3.12. The van der Waals surface area contributed by atoms with Gasteiger partial charge in [0.05, 0.1) is 0 Å². The van der Waals surface area contributed by atoms with Crippen molar-refractivity contribution in [3.05, 3.63) is 64.7 Å². The van der Waals surface area contributed by atoms with Crippen molar-refractivity contribution in [3.63, 3.8) is 0 Å². The molecule has 104 valence electrons. The van der Waals surface area contributed by atoms with Gasteiger partial charge in [-0.2, -0.15) is 0 Å². The smallest absolute Gasteiger partial charge is 0.0410 e. The molecule has 0 aromatic heterocycles. The van der Waals surface area contributed by atoms with Gasteiger partial charge in [-0.1, -0.05) is 41.9 Å². The third-order valence-electron chi connectivity index (χ3n) is 4.04. The van der Waals surface area contributed by atoms with Gasteiger partial charge in [-0.25, -0.2) is 0 Å². The van der Waals surface area contributed by atoms with Gasteiger partial charge in [0, 0.05) is 23.8 Å². The summed E-state index contributed by atoms with van der Waals surface area (Å²) < 4.78 is 0. The number of nitrogens with zero attached hydrogens (tertiary/aromatic N) is 1. The first-order valence-corrected chi connectivity index (χ1v) is 7.41. The maximum Gasteiger partial charge on any atom is 0.0410 e. The van der Waals surface area contributed by atoms with Gasteiger partial charge in [0.15, 0.2) is 0 Å². The summed E-state index contributed by atoms with van der Waals surface area (Å²) in [5.41, 5.74) is 9.43. The fourth-order valence-electron chi connectivity index (χ4n) is 2.93. The molecule has 2 aromatic carbocycles. The quantitative estimate of drug-likeness (QED) is 0.867. The third kappa shape index (κ3) is 2.97. The van der Waals surface area contributed by atoms with E-state index in [2.05, 4.69) is 35.2 Å². The summed E-state index contributed by atoms with van der Waals surface area (Å²) in [5, 5.41) is 0.757. The first kappa shape index (κ1) is 13.5. The maximum absolute atomic E-state index is 6.05. The molecule has 2 nitrogen and oxygen atoms in total. The number of halogens is 1. The van der Waals surface area contributed by atoms with Crippen molar-refractivity contribution in [2.24, 2.45) is 0 Å². The van der Waals surface area contributed by atoms with E-state index in [4.69, 9.17) is 17.3 Å². The van der Waals surface area contributed by atoms with Crippen molar-refractivity contribution >= 4 is 17.3 Å². The van der Waals surface area contributed by atoms with Gasteiger partial charge in [-0.15, -0.1) is 0 Å². The van der Waals surface area contributed by atoms with Crippen molar-refractivity contribution in [1.29, 1.82) is 0 Å². The van der Waals surface area contributed by atoms with Crippen molar-refractivity contribution < 1.29 is 0 Å². The first-order valence-electron chi connectivity index (χ1n) is 7.03. The molecule has 0 bridgehead atoms. The Balaban J connectivity index is 1.67. The van der Waals surface area contributed by atoms with E-state index in [1.807, 2.05) is 18.2 Å². The van der Waals surface area contributed by atoms with E-state index in [1.165, 1.54) is 12.0 Å². The van der Waals surface area contributed by atoms with Gasteiger partial charge in [0.1, 0.15) is 0 Å². The highest BCUT2D eigenvalue weighted by molar-refractivity contribution is 6.30. The van der Waals surface area contributed by atoms with Gasteiger partial charge >= 0.3 is 0 Å². The monoisotopic (exact) mass is 286 g/mol. The number of benzene rings is 2. The van der Waals surface area contributed by atoms with Crippen LogP contribution in [0.4, 0.5) is 5.69 Å². The van der Waals surface area contributed by atoms with Crippen LogP contribution in [0, 0.1) is 0 Å². The zero-order valence-corrected chi connectivity index (χ0v) is 12.2. The molecule has 1 atom stereocenters. The summed E-state index contributed by atoms with van der Waals surface area (Å²) in [6.07, 6.45) is 1.21. The third-order valence-corrected chi connectivity index (χ3v) is 4.28. The highest BCUT2D eigenvalue weighted by Crippen LogP contribution is 2.29. The average molecular weight is 287 g/mol. The molecule has 1 aliphatic rings. The molecule has 1 aliphatic heterocycles. The first-order chi connectivity index (χ1) is 9.72. The van der Waals surface area contributed by atoms with Crippen LogP contribution in [0.5, 0.6) is 0 Å². The molecule has 2 aromatic rings. The maximum atomic E-state index is 6.05. The van der Waals surface area contributed by atoms with E-state index in [-0.39, 0.29) is 0 Å². The largest absolute Gasteiger partial charge is 0.398 e. The van der Waals surface area contributed by atoms with Gasteiger partial charge < -0.3 is 5.73 Å². The van der Waals surface area contributed by atoms with Gasteiger partial charge in [-0.05, 0) is 48.2 Å². The van der Waals surface area contributed by atoms with E-state index in [1.54, 1.807) is 0 Å². The van der Waals surface area contributed by atoms with E-state index < -0.39 is 0 Å². The number of rotatable bonds is 3. The van der Waals surface area contributed by atoms with Crippen LogP contribution < -0.4 is 5.73 Å². The summed E-state index contributed by atoms with van der Waals surface area (Å²) in [4.78, 5) is 2.46. The van der Waals surface area contributed by atoms with E-state index in [0.717, 1.165) is 35.9 Å². The summed E-state index contributed by atoms with van der Waals surface area (Å²) in [7, 11) is 0. The predicted octanol–water partition coefficient (Wildman–Crippen LogP) is 3.91. The molecule has 1 unspecified atom stereocenters. The van der Waals surface area contributed by atoms with Crippen LogP contribution >= 0.6 is 11.6 Å². The Morgan fingerprint density at radius 3 is 2.75 bits per heavy atom. The standard InChI is InChI=1S/C17H19ClN2/c18-16-6-7-17(19)15(10-16)12-20-9-8-14(11-20)13-4-2-1-3-5-13/h1-7,10,14H,8-9,11-12,19H2. The number of anilines is 1. The molecule has 20 heavy (non-hydrogen) atoms. The number of hydrogen-bond donors (Lipinski definition) is 1. The second kappa shape index (κ2) is 5.86. The molecule has 0 amide bonds. The molecule has 2 N–H and O–H groups in total. The van der Waals surface area contributed by atoms with Crippen LogP contribution in [-0.4, -0.2) is 18.0 Å². The molecule has 0 radical (unpaired) electrons. The highest BCUT2D eigenvalue weighted by Gasteiger charge is 2.23. The van der Waals surface area contributed by atoms with Gasteiger partial charge in [0.2, 0.25) is 0 Å². The van der Waals surface area contributed by atoms with Crippen molar-refractivity contribution in [1.82, 2.24) is 4.90 Å². The van der Waals surface area contributed by atoms with Crippen molar-refractivity contribution in [2.45, 2.75) is 18.9 Å². The Morgan fingerprint density at radius 1 is 1.15 bits per heavy atom. The number of likely N-dealkylation sites (tertiary alicyclic amines) is 1. The lowest BCUT2D eigenvalue weighted by molar-refractivity contribution is 0.327. The highest BCUT2D eigenvalue weighted by atomic mass is 35.5. The molecular weight excluding hydrogens is 268 g/mol. The van der Waals surface area contributed by atoms with Crippen LogP contribution in [0.15, 0.2) is 48.5 Å². The summed E-state index contributed by atoms with van der Waals surface area (Å²) in [5.74, 6) is 0.636. The zero-order valence-electron chi connectivity index (χ0n) is 11.4. The van der Waals surface area contributed by atoms with Gasteiger partial charge in [0.25, 0.3) is 0 Å². The van der Waals surface area contributed by atoms with Crippen molar-refractivity contribution in [3.8, 4) is 0 Å². The molecule has 1 fully saturated rings. The summed E-state index contributed by atoms with van der Waals surface area (Å²) in [6.45, 7) is 3.09. The lowest BCUT2D eigenvalue weighted by Gasteiger charge is -2.17. The topological polar surface area (TPSA) is 29.3 Å². The van der Waals surface area contributed by atoms with Crippen LogP contribution in [0.3, 0.4) is 0 Å². The summed E-state index contributed by atoms with van der Waals surface area (Å²) in [6, 6.07) is 16.5. The van der Waals surface area contributed by atoms with Crippen molar-refractivity contribution in [2.75, 3.05) is 18.8 Å². The number of hydrogen-bond acceptors (Lipinski definition) is 2. The Hall–Kier alpha value is -1.51. The normalized spacial score (nSPS) is 19.4. The Morgan fingerprint density at radius 2 is 1.95 bits per heavy atom. The van der Waals surface area contributed by atoms with Crippen LogP contribution in [-0.2, 0) is 6.54 Å². The fraction of sp³-hybridized carbons (Fsp3) is 0.294. The predicted molar refractivity (Wildman–Crippen MR) is 84.9 cm³/mol. The van der Waals surface area contributed by atoms with E-state index >= 15 is 0 Å². The van der Waals surface area contributed by atoms with E-state index in [9.17, 15) is 0 Å². The minimum absolute atomic E-state index is 0.636. The zero-order chi connectivity index (χ0) is 13.9. The molecule has 0 spiro atoms. The lowest BCUT2D eigenvalue weighted by atomic mass is 9.99.